The molecule has 10 rings (SSSR count). The molecule has 59 heteroatoms. The van der Waals surface area contributed by atoms with Crippen molar-refractivity contribution >= 4 is 35.9 Å². The van der Waals surface area contributed by atoms with E-state index in [9.17, 15) is 167 Å². The molecule has 10 fully saturated rings. The molecule has 0 aliphatic carbocycles. The molecule has 0 aromatic carbocycles. The predicted molar refractivity (Wildman–Crippen MR) is 411 cm³/mol. The Balaban J connectivity index is 0.926. The molecule has 0 aromatic rings. The molecule has 0 radical (unpaired) electrons. The summed E-state index contributed by atoms with van der Waals surface area (Å²) in [6, 6.07) is -10.5. The van der Waals surface area contributed by atoms with Gasteiger partial charge in [-0.3, -0.25) is 28.8 Å². The number of nitrogens with one attached hydrogen (secondary N) is 6. The minimum Gasteiger partial charge on any atom is -0.394 e. The lowest BCUT2D eigenvalue weighted by atomic mass is 9.93. The number of carbonyl (C=O) groups is 6. The Hall–Kier alpha value is -5.06. The summed E-state index contributed by atoms with van der Waals surface area (Å²) in [5.74, 6) is -4.70. The molecular formula is C74H124N6O53. The van der Waals surface area contributed by atoms with Crippen LogP contribution in [0.2, 0.25) is 0 Å². The van der Waals surface area contributed by atoms with E-state index in [0.717, 1.165) is 34.6 Å². The van der Waals surface area contributed by atoms with E-state index < -0.39 is 422 Å². The van der Waals surface area contributed by atoms with Gasteiger partial charge >= 0.3 is 0 Å². The van der Waals surface area contributed by atoms with Crippen molar-refractivity contribution in [2.45, 2.75) is 347 Å². The van der Waals surface area contributed by atoms with E-state index in [4.69, 9.17) is 94.7 Å². The quantitative estimate of drug-likeness (QED) is 0.0254. The van der Waals surface area contributed by atoms with E-state index in [1.165, 1.54) is 0 Å². The Morgan fingerprint density at radius 1 is 0.248 bits per heavy atom. The van der Waals surface area contributed by atoms with E-state index in [0.29, 0.717) is 0 Å². The van der Waals surface area contributed by atoms with E-state index in [2.05, 4.69) is 31.9 Å². The molecule has 0 unspecified atom stereocenters. The Morgan fingerprint density at radius 3 is 0.805 bits per heavy atom. The second-order valence-electron chi connectivity index (χ2n) is 33.2. The number of aliphatic hydroxyl groups excluding tert-OH is 27. The Kier molecular flexibility index (Phi) is 40.8. The number of ether oxygens (including phenoxy) is 20. The zero-order valence-electron chi connectivity index (χ0n) is 71.7. The van der Waals surface area contributed by atoms with Crippen LogP contribution in [0.3, 0.4) is 0 Å². The van der Waals surface area contributed by atoms with Crippen molar-refractivity contribution in [3.05, 3.63) is 0 Å². The highest BCUT2D eigenvalue weighted by Gasteiger charge is 2.62. The average Bonchev–Trinajstić information content (AvgIpc) is 0.767. The molecule has 10 aliphatic heterocycles. The van der Waals surface area contributed by atoms with Crippen molar-refractivity contribution in [2.75, 3.05) is 79.3 Å². The van der Waals surface area contributed by atoms with Crippen LogP contribution in [0.15, 0.2) is 0 Å². The Bertz CT molecular complexity index is 3630. The maximum absolute atomic E-state index is 13.4. The van der Waals surface area contributed by atoms with Crippen LogP contribution < -0.4 is 31.9 Å². The van der Waals surface area contributed by atoms with E-state index in [1.807, 2.05) is 0 Å². The zero-order chi connectivity index (χ0) is 97.9. The first-order valence-corrected chi connectivity index (χ1v) is 42.3. The molecule has 768 valence electrons. The largest absolute Gasteiger partial charge is 0.394 e. The normalized spacial score (nSPS) is 46.7. The van der Waals surface area contributed by atoms with Crippen LogP contribution in [-0.2, 0) is 124 Å². The third kappa shape index (κ3) is 25.5. The summed E-state index contributed by atoms with van der Waals surface area (Å²) >= 11 is 0. The number of rotatable bonds is 39. The van der Waals surface area contributed by atoms with Crippen molar-refractivity contribution in [3.8, 4) is 0 Å². The van der Waals surface area contributed by atoms with Crippen LogP contribution in [0, 0.1) is 0 Å². The first-order chi connectivity index (χ1) is 63.1. The second kappa shape index (κ2) is 49.4. The maximum Gasteiger partial charge on any atom is 0.217 e. The molecule has 6 amide bonds. The summed E-state index contributed by atoms with van der Waals surface area (Å²) in [6.45, 7) is -7.41. The smallest absolute Gasteiger partial charge is 0.217 e. The van der Waals surface area contributed by atoms with Crippen LogP contribution in [0.1, 0.15) is 34.6 Å². The van der Waals surface area contributed by atoms with Crippen LogP contribution in [0.4, 0.5) is 0 Å². The standard InChI is InChI=1S/C74H124N6O53/c1-19(91)76-35-46(102)40(96)25(7-82)117-65(35)115-16-33-45(101)64(133-69-38(79-22(4)94)49(105)59(30(12-87)122-69)127-71-53(109)51(107)42(98)27(9-84)119-71)57(113)73(125-33)128-58-29(11-86)121-66(37(48(58)104)78-21(3)93)116-17-34-44(100)63(132-67-36(77-20(2)92)47(103)41(97)26(8-83)118-67)56(112)74(126-34)129-60-31(13-88)123-68(39(50(60)106)80-23(5)95)131-62-43(99)28(10-85)120-72(55(62)111)130-61-32(14-89)124-70(54(110)52(61)108)114-15-24(6-81)75-18-90/h18,24-74,81-89,96-113H,6-17H2,1-5H3,(H,75,90)(H,76,91)(H,77,92)(H,78,93)(H,79,94)(H,80,95)/t24-,25-,26-,27-,28-,29-,30-,31-,32-,33-,34-,35-,36-,37-,38-,39-,40-,41-,42+,43+,44+,45+,46-,47-,48-,49-,50-,51+,52-,53-,54-,55-,56-,57-,58-,59-,60-,61-,62+,63+,64+,65-,66-,67+,68+,69+,70-,71+,72+,73+,74+/m1/s1. The van der Waals surface area contributed by atoms with Crippen molar-refractivity contribution in [1.82, 2.24) is 31.9 Å². The van der Waals surface area contributed by atoms with Crippen LogP contribution in [0.5, 0.6) is 0 Å². The predicted octanol–water partition coefficient (Wildman–Crippen LogP) is -23.0. The topological polar surface area (TPSA) is 905 Å². The summed E-state index contributed by atoms with van der Waals surface area (Å²) in [7, 11) is 0. The van der Waals surface area contributed by atoms with Gasteiger partial charge in [0, 0.05) is 34.6 Å². The highest BCUT2D eigenvalue weighted by molar-refractivity contribution is 5.75. The third-order valence-electron chi connectivity index (χ3n) is 23.8. The number of carbonyl (C=O) groups excluding carboxylic acids is 6. The Morgan fingerprint density at radius 2 is 0.481 bits per heavy atom. The molecule has 0 spiro atoms. The van der Waals surface area contributed by atoms with Crippen molar-refractivity contribution < 1.29 is 261 Å². The lowest BCUT2D eigenvalue weighted by Crippen LogP contribution is -2.71. The van der Waals surface area contributed by atoms with Crippen molar-refractivity contribution in [1.29, 1.82) is 0 Å². The first kappa shape index (κ1) is 110. The van der Waals surface area contributed by atoms with Gasteiger partial charge in [0.05, 0.1) is 85.3 Å². The Labute approximate surface area is 753 Å². The van der Waals surface area contributed by atoms with Crippen molar-refractivity contribution in [2.24, 2.45) is 0 Å². The zero-order valence-corrected chi connectivity index (χ0v) is 71.7. The summed E-state index contributed by atoms with van der Waals surface area (Å²) in [4.78, 5) is 75.7. The monoisotopic (exact) mass is 1940 g/mol. The number of hydrogen-bond donors (Lipinski definition) is 33. The number of amides is 6. The summed E-state index contributed by atoms with van der Waals surface area (Å²) in [5.41, 5.74) is 0. The molecule has 33 N–H and O–H groups in total. The van der Waals surface area contributed by atoms with Gasteiger partial charge in [-0.05, 0) is 0 Å². The van der Waals surface area contributed by atoms with E-state index in [1.54, 1.807) is 0 Å². The summed E-state index contributed by atoms with van der Waals surface area (Å²) in [6.07, 6.45) is -93.3. The van der Waals surface area contributed by atoms with Gasteiger partial charge < -0.3 is 265 Å². The minimum atomic E-state index is -2.49. The van der Waals surface area contributed by atoms with Gasteiger partial charge in [0.15, 0.2) is 62.9 Å². The molecule has 59 nitrogen and oxygen atoms in total. The van der Waals surface area contributed by atoms with Gasteiger partial charge in [-0.15, -0.1) is 0 Å². The third-order valence-corrected chi connectivity index (χ3v) is 23.8. The lowest BCUT2D eigenvalue weighted by molar-refractivity contribution is -0.388. The molecule has 10 heterocycles. The lowest BCUT2D eigenvalue weighted by Gasteiger charge is -2.51. The second-order valence-corrected chi connectivity index (χ2v) is 33.2. The highest BCUT2D eigenvalue weighted by atomic mass is 16.8. The molecular weight excluding hydrogens is 1820 g/mol. The van der Waals surface area contributed by atoms with Gasteiger partial charge in [-0.25, -0.2) is 0 Å². The maximum atomic E-state index is 13.4. The molecule has 0 saturated carbocycles. The minimum absolute atomic E-state index is 0.241. The molecule has 10 saturated heterocycles. The van der Waals surface area contributed by atoms with E-state index in [-0.39, 0.29) is 6.41 Å². The fraction of sp³-hybridized carbons (Fsp3) is 0.919. The molecule has 0 aromatic heterocycles. The fourth-order valence-electron chi connectivity index (χ4n) is 16.9. The van der Waals surface area contributed by atoms with Gasteiger partial charge in [-0.2, -0.15) is 0 Å². The van der Waals surface area contributed by atoms with Gasteiger partial charge in [0.25, 0.3) is 0 Å². The van der Waals surface area contributed by atoms with E-state index >= 15 is 0 Å². The summed E-state index contributed by atoms with van der Waals surface area (Å²) in [5, 5.41) is 317. The highest BCUT2D eigenvalue weighted by Crippen LogP contribution is 2.41. The van der Waals surface area contributed by atoms with Gasteiger partial charge in [-0.1, -0.05) is 0 Å². The van der Waals surface area contributed by atoms with Crippen LogP contribution in [0.25, 0.3) is 0 Å². The number of aliphatic hydroxyl groups is 27. The molecule has 133 heavy (non-hydrogen) atoms. The van der Waals surface area contributed by atoms with Crippen LogP contribution >= 0.6 is 0 Å². The molecule has 51 atom stereocenters. The molecule has 0 bridgehead atoms. The average molecular weight is 1950 g/mol. The fourth-order valence-corrected chi connectivity index (χ4v) is 16.9. The number of hydrogen-bond acceptors (Lipinski definition) is 53. The SMILES string of the molecule is CC(=O)N[C@H]1[C@H](O[C@H]2[C@@H](O)[C@@H](CO[C@@H]3O[C@H](CO)[C@@H](O)[C@H](O)[C@H]3NC(C)=O)O[C@@H](O[C@H]3[C@H](O)[C@@H](NC(C)=O)[C@H](OC[C@H]4O[C@@H](O[C@H]5[C@H](O)[C@@H](NC(C)=O)[C@H](O[C@H]6[C@@H](O)[C@@H](CO)O[C@@H](O[C@H]7[C@H](O)[C@@H](O)[C@H](OC[C@@H](CO)NC=O)O[C@@H]7CO)[C@@H]6O)O[C@@H]5CO)[C@H](O)[C@@H](O[C@@H]5O[C@H](CO)[C@@H](O)[C@H](O)[C@H]5NC(C)=O)[C@H]4O)O[C@@H]3CO)[C@@H]2O)O[C@H](CO)[C@@H](O[C@@H]2O[C@H](CO)[C@H](O)[C@H](O)[C@H]2O)[C@@H]1O. The van der Waals surface area contributed by atoms with Gasteiger partial charge in [0.1, 0.15) is 244 Å². The van der Waals surface area contributed by atoms with Crippen LogP contribution in [-0.4, -0.2) is 566 Å². The molecule has 10 aliphatic rings. The van der Waals surface area contributed by atoms with Crippen molar-refractivity contribution in [3.63, 3.8) is 0 Å². The summed E-state index contributed by atoms with van der Waals surface area (Å²) < 4.78 is 119. The first-order valence-electron chi connectivity index (χ1n) is 42.3. The van der Waals surface area contributed by atoms with Gasteiger partial charge in [0.2, 0.25) is 35.9 Å².